The van der Waals surface area contributed by atoms with E-state index in [0.717, 1.165) is 20.9 Å². The summed E-state index contributed by atoms with van der Waals surface area (Å²) in [7, 11) is 1.89. The molecule has 1 aromatic rings. The van der Waals surface area contributed by atoms with Gasteiger partial charge in [0.15, 0.2) is 3.95 Å². The lowest BCUT2D eigenvalue weighted by Crippen LogP contribution is -2.36. The van der Waals surface area contributed by atoms with Crippen molar-refractivity contribution < 1.29 is 4.79 Å². The maximum atomic E-state index is 12.2. The minimum atomic E-state index is 0.163. The minimum absolute atomic E-state index is 0.163. The molecule has 0 aliphatic heterocycles. The molecule has 1 aromatic heterocycles. The molecular weight excluding hydrogens is 264 g/mol. The van der Waals surface area contributed by atoms with E-state index >= 15 is 0 Å². The summed E-state index contributed by atoms with van der Waals surface area (Å²) in [5.74, 6) is 0.766. The molecule has 0 bridgehead atoms. The van der Waals surface area contributed by atoms with E-state index in [2.05, 4.69) is 25.8 Å². The van der Waals surface area contributed by atoms with Gasteiger partial charge in [-0.05, 0) is 38.4 Å². The highest BCUT2D eigenvalue weighted by molar-refractivity contribution is 7.73. The van der Waals surface area contributed by atoms with Crippen LogP contribution in [0.15, 0.2) is 0 Å². The van der Waals surface area contributed by atoms with Gasteiger partial charge in [-0.2, -0.15) is 0 Å². The van der Waals surface area contributed by atoms with Crippen LogP contribution in [0.4, 0.5) is 0 Å². The van der Waals surface area contributed by atoms with Crippen molar-refractivity contribution in [2.24, 2.45) is 5.92 Å². The number of likely N-dealkylation sites (N-methyl/N-ethyl adjacent to an activating group) is 1. The zero-order chi connectivity index (χ0) is 13.9. The van der Waals surface area contributed by atoms with Gasteiger partial charge in [0.05, 0.1) is 6.42 Å². The predicted octanol–water partition coefficient (Wildman–Crippen LogP) is 3.55. The van der Waals surface area contributed by atoms with Crippen molar-refractivity contribution in [3.8, 4) is 0 Å². The van der Waals surface area contributed by atoms with Gasteiger partial charge in [-0.15, -0.1) is 11.3 Å². The highest BCUT2D eigenvalue weighted by Gasteiger charge is 2.18. The maximum absolute atomic E-state index is 12.2. The monoisotopic (exact) mass is 286 g/mol. The molecule has 3 nitrogen and oxygen atoms in total. The molecule has 0 saturated carbocycles. The van der Waals surface area contributed by atoms with E-state index in [9.17, 15) is 4.79 Å². The summed E-state index contributed by atoms with van der Waals surface area (Å²) in [6, 6.07) is 0.282. The van der Waals surface area contributed by atoms with E-state index in [1.54, 1.807) is 0 Å². The lowest BCUT2D eigenvalue weighted by molar-refractivity contribution is -0.131. The Morgan fingerprint density at radius 2 is 2.06 bits per heavy atom. The molecule has 1 heterocycles. The number of H-pyrrole nitrogens is 1. The highest BCUT2D eigenvalue weighted by Crippen LogP contribution is 2.17. The average Bonchev–Trinajstić information content (AvgIpc) is 2.55. The quantitative estimate of drug-likeness (QED) is 0.840. The molecule has 18 heavy (non-hydrogen) atoms. The number of aryl methyl sites for hydroxylation is 1. The first-order chi connectivity index (χ1) is 8.31. The van der Waals surface area contributed by atoms with Crippen LogP contribution in [0.25, 0.3) is 0 Å². The lowest BCUT2D eigenvalue weighted by atomic mass is 10.0. The Hall–Kier alpha value is -0.680. The molecule has 1 atom stereocenters. The van der Waals surface area contributed by atoms with Gasteiger partial charge < -0.3 is 9.88 Å². The number of rotatable bonds is 5. The van der Waals surface area contributed by atoms with Gasteiger partial charge >= 0.3 is 0 Å². The second-order valence-electron chi connectivity index (χ2n) is 5.22. The highest BCUT2D eigenvalue weighted by atomic mass is 32.1. The van der Waals surface area contributed by atoms with Gasteiger partial charge in [-0.25, -0.2) is 0 Å². The summed E-state index contributed by atoms with van der Waals surface area (Å²) in [6.07, 6.45) is 1.48. The van der Waals surface area contributed by atoms with Crippen LogP contribution in [0.1, 0.15) is 37.8 Å². The topological polar surface area (TPSA) is 36.1 Å². The third-order valence-corrected chi connectivity index (χ3v) is 4.44. The maximum Gasteiger partial charge on any atom is 0.227 e. The fourth-order valence-corrected chi connectivity index (χ4v) is 3.24. The molecule has 0 aliphatic carbocycles. The van der Waals surface area contributed by atoms with Crippen LogP contribution in [-0.4, -0.2) is 28.9 Å². The average molecular weight is 286 g/mol. The molecule has 0 saturated heterocycles. The van der Waals surface area contributed by atoms with Crippen molar-refractivity contribution in [1.82, 2.24) is 9.88 Å². The van der Waals surface area contributed by atoms with E-state index in [0.29, 0.717) is 12.3 Å². The van der Waals surface area contributed by atoms with E-state index < -0.39 is 0 Å². The normalized spacial score (nSPS) is 12.8. The van der Waals surface area contributed by atoms with Gasteiger partial charge in [0.2, 0.25) is 5.91 Å². The number of thiazole rings is 1. The number of aromatic nitrogens is 1. The Balaban J connectivity index is 2.65. The number of carbonyl (C=O) groups excluding carboxylic acids is 1. The second kappa shape index (κ2) is 6.48. The van der Waals surface area contributed by atoms with Crippen molar-refractivity contribution in [2.75, 3.05) is 7.05 Å². The van der Waals surface area contributed by atoms with Crippen molar-refractivity contribution in [2.45, 2.75) is 46.6 Å². The number of hydrogen-bond acceptors (Lipinski definition) is 3. The first kappa shape index (κ1) is 15.4. The summed E-state index contributed by atoms with van der Waals surface area (Å²) in [5.41, 5.74) is 1.02. The van der Waals surface area contributed by atoms with Gasteiger partial charge in [-0.1, -0.05) is 13.8 Å². The zero-order valence-corrected chi connectivity index (χ0v) is 13.4. The zero-order valence-electron chi connectivity index (χ0n) is 11.7. The fraction of sp³-hybridized carbons (Fsp3) is 0.692. The first-order valence-electron chi connectivity index (χ1n) is 6.25. The predicted molar refractivity (Wildman–Crippen MR) is 79.6 cm³/mol. The van der Waals surface area contributed by atoms with Crippen LogP contribution in [-0.2, 0) is 11.2 Å². The van der Waals surface area contributed by atoms with Crippen molar-refractivity contribution in [1.29, 1.82) is 0 Å². The molecule has 102 valence electrons. The molecule has 1 N–H and O–H groups in total. The Bertz CT molecular complexity index is 462. The third kappa shape index (κ3) is 4.21. The molecule has 1 rings (SSSR count). The second-order valence-corrected chi connectivity index (χ2v) is 6.99. The number of aromatic amines is 1. The van der Waals surface area contributed by atoms with Crippen molar-refractivity contribution >= 4 is 29.5 Å². The van der Waals surface area contributed by atoms with E-state index in [1.165, 1.54) is 11.3 Å². The molecule has 0 fully saturated rings. The Kier molecular flexibility index (Phi) is 5.53. The summed E-state index contributed by atoms with van der Waals surface area (Å²) in [4.78, 5) is 18.2. The third-order valence-electron chi connectivity index (χ3n) is 3.10. The van der Waals surface area contributed by atoms with Crippen LogP contribution in [0.2, 0.25) is 0 Å². The molecule has 0 aromatic carbocycles. The molecular formula is C13H22N2OS2. The van der Waals surface area contributed by atoms with Crippen LogP contribution >= 0.6 is 23.6 Å². The lowest BCUT2D eigenvalue weighted by Gasteiger charge is -2.26. The van der Waals surface area contributed by atoms with Crippen molar-refractivity contribution in [3.05, 3.63) is 14.5 Å². The first-order valence-corrected chi connectivity index (χ1v) is 7.48. The van der Waals surface area contributed by atoms with Crippen LogP contribution < -0.4 is 0 Å². The van der Waals surface area contributed by atoms with Gasteiger partial charge in [0.25, 0.3) is 0 Å². The van der Waals surface area contributed by atoms with Gasteiger partial charge in [0, 0.05) is 23.7 Å². The summed E-state index contributed by atoms with van der Waals surface area (Å²) in [6.45, 7) is 8.42. The standard InChI is InChI=1S/C13H22N2OS2/c1-8(2)6-9(3)15(5)12(16)7-11-10(4)14-13(17)18-11/h8-9H,6-7H2,1-5H3,(H,14,17)/t9-/m1/s1. The fourth-order valence-electron chi connectivity index (χ4n) is 1.95. The molecule has 0 aliphatic rings. The molecule has 0 unspecified atom stereocenters. The number of nitrogens with one attached hydrogen (secondary N) is 1. The Morgan fingerprint density at radius 3 is 2.50 bits per heavy atom. The Labute approximate surface area is 118 Å². The van der Waals surface area contributed by atoms with Gasteiger partial charge in [0.1, 0.15) is 0 Å². The smallest absolute Gasteiger partial charge is 0.227 e. The van der Waals surface area contributed by atoms with E-state index in [1.807, 2.05) is 18.9 Å². The largest absolute Gasteiger partial charge is 0.343 e. The summed E-state index contributed by atoms with van der Waals surface area (Å²) in [5, 5.41) is 0. The molecule has 1 amide bonds. The van der Waals surface area contributed by atoms with E-state index in [-0.39, 0.29) is 11.9 Å². The SMILES string of the molecule is Cc1[nH]c(=S)sc1CC(=O)N(C)[C@H](C)CC(C)C. The minimum Gasteiger partial charge on any atom is -0.343 e. The number of hydrogen-bond donors (Lipinski definition) is 1. The van der Waals surface area contributed by atoms with Crippen molar-refractivity contribution in [3.63, 3.8) is 0 Å². The number of carbonyl (C=O) groups is 1. The van der Waals surface area contributed by atoms with Crippen LogP contribution in [0.5, 0.6) is 0 Å². The van der Waals surface area contributed by atoms with Crippen LogP contribution in [0.3, 0.4) is 0 Å². The Morgan fingerprint density at radius 1 is 1.44 bits per heavy atom. The summed E-state index contributed by atoms with van der Waals surface area (Å²) < 4.78 is 0.744. The number of amides is 1. The van der Waals surface area contributed by atoms with E-state index in [4.69, 9.17) is 12.2 Å². The molecule has 0 spiro atoms. The molecule has 0 radical (unpaired) electrons. The number of nitrogens with zero attached hydrogens (tertiary/aromatic N) is 1. The summed E-state index contributed by atoms with van der Waals surface area (Å²) >= 11 is 6.58. The molecule has 5 heteroatoms. The van der Waals surface area contributed by atoms with Gasteiger partial charge in [-0.3, -0.25) is 4.79 Å². The van der Waals surface area contributed by atoms with Crippen LogP contribution in [0, 0.1) is 16.8 Å².